The van der Waals surface area contributed by atoms with Crippen molar-refractivity contribution in [3.63, 3.8) is 0 Å². The Balaban J connectivity index is 1.83. The molecule has 1 aromatic heterocycles. The van der Waals surface area contributed by atoms with Gasteiger partial charge in [0, 0.05) is 35.2 Å². The number of aromatic nitrogens is 1. The highest BCUT2D eigenvalue weighted by atomic mass is 35.5. The third-order valence-electron chi connectivity index (χ3n) is 4.94. The van der Waals surface area contributed by atoms with Crippen molar-refractivity contribution in [3.05, 3.63) is 68.9 Å². The van der Waals surface area contributed by atoms with Crippen LogP contribution in [0.4, 0.5) is 5.69 Å². The summed E-state index contributed by atoms with van der Waals surface area (Å²) < 4.78 is 14.8. The maximum atomic E-state index is 12.7. The molecule has 0 aliphatic heterocycles. The molecule has 0 aliphatic carbocycles. The number of esters is 2. The number of carbonyl (C=O) groups is 3. The topological polar surface area (TPSA) is 150 Å². The number of nitro groups is 1. The van der Waals surface area contributed by atoms with Crippen molar-refractivity contribution in [1.82, 2.24) is 10.3 Å². The third kappa shape index (κ3) is 5.62. The van der Waals surface area contributed by atoms with Gasteiger partial charge < -0.3 is 24.5 Å². The zero-order valence-corrected chi connectivity index (χ0v) is 18.9. The molecular formula is C22H20ClN3O8. The molecule has 178 valence electrons. The first-order valence-electron chi connectivity index (χ1n) is 9.85. The molecule has 0 saturated heterocycles. The second-order valence-corrected chi connectivity index (χ2v) is 7.47. The van der Waals surface area contributed by atoms with Gasteiger partial charge in [0.1, 0.15) is 16.8 Å². The van der Waals surface area contributed by atoms with Gasteiger partial charge in [-0.05, 0) is 35.9 Å². The highest BCUT2D eigenvalue weighted by Gasteiger charge is 2.25. The van der Waals surface area contributed by atoms with Crippen LogP contribution in [0.5, 0.6) is 5.75 Å². The van der Waals surface area contributed by atoms with Crippen molar-refractivity contribution in [2.24, 2.45) is 0 Å². The Morgan fingerprint density at radius 1 is 1.15 bits per heavy atom. The van der Waals surface area contributed by atoms with Crippen molar-refractivity contribution >= 4 is 46.0 Å². The monoisotopic (exact) mass is 489 g/mol. The van der Waals surface area contributed by atoms with Gasteiger partial charge in [-0.3, -0.25) is 14.9 Å². The van der Waals surface area contributed by atoms with E-state index in [0.29, 0.717) is 16.7 Å². The minimum atomic E-state index is -1.09. The van der Waals surface area contributed by atoms with Crippen LogP contribution in [-0.2, 0) is 25.5 Å². The Kier molecular flexibility index (Phi) is 7.69. The van der Waals surface area contributed by atoms with E-state index in [4.69, 9.17) is 21.1 Å². The molecule has 0 radical (unpaired) electrons. The van der Waals surface area contributed by atoms with E-state index >= 15 is 0 Å². The minimum absolute atomic E-state index is 0.0394. The summed E-state index contributed by atoms with van der Waals surface area (Å²) in [6, 6.07) is 7.58. The lowest BCUT2D eigenvalue weighted by molar-refractivity contribution is -0.384. The Hall–Kier alpha value is -4.12. The number of hydrogen-bond donors (Lipinski definition) is 2. The van der Waals surface area contributed by atoms with Crippen molar-refractivity contribution < 1.29 is 33.5 Å². The molecular weight excluding hydrogens is 470 g/mol. The predicted octanol–water partition coefficient (Wildman–Crippen LogP) is 2.80. The van der Waals surface area contributed by atoms with Crippen molar-refractivity contribution in [3.8, 4) is 5.75 Å². The number of fused-ring (bicyclic) bond motifs is 1. The number of halogens is 1. The number of benzene rings is 2. The molecule has 2 aromatic carbocycles. The van der Waals surface area contributed by atoms with E-state index in [1.807, 2.05) is 0 Å². The summed E-state index contributed by atoms with van der Waals surface area (Å²) in [5.74, 6) is -1.54. The molecule has 12 heteroatoms. The number of rotatable bonds is 9. The summed E-state index contributed by atoms with van der Waals surface area (Å²) >= 11 is 5.80. The lowest BCUT2D eigenvalue weighted by atomic mass is 10.0. The fourth-order valence-electron chi connectivity index (χ4n) is 3.21. The third-order valence-corrected chi connectivity index (χ3v) is 5.26. The Labute approximate surface area is 198 Å². The van der Waals surface area contributed by atoms with Crippen molar-refractivity contribution in [1.29, 1.82) is 0 Å². The Morgan fingerprint density at radius 2 is 1.91 bits per heavy atom. The number of H-pyrrole nitrogens is 1. The molecule has 2 N–H and O–H groups in total. The summed E-state index contributed by atoms with van der Waals surface area (Å²) in [5, 5.41) is 14.2. The molecule has 1 heterocycles. The number of aromatic amines is 1. The van der Waals surface area contributed by atoms with Crippen LogP contribution in [-0.4, -0.2) is 54.6 Å². The smallest absolute Gasteiger partial charge is 0.343 e. The van der Waals surface area contributed by atoms with Gasteiger partial charge in [0.25, 0.3) is 11.6 Å². The lowest BCUT2D eigenvalue weighted by Crippen LogP contribution is -2.43. The summed E-state index contributed by atoms with van der Waals surface area (Å²) in [6.45, 7) is -0.268. The zero-order valence-electron chi connectivity index (χ0n) is 18.1. The van der Waals surface area contributed by atoms with Gasteiger partial charge >= 0.3 is 11.9 Å². The number of nitro benzene ring substituents is 1. The van der Waals surface area contributed by atoms with Crippen LogP contribution < -0.4 is 10.1 Å². The standard InChI is InChI=1S/C22H20ClN3O8/c1-32-20(27)11-34-14-4-6-17-15(9-14)13(10-24-17)7-18(22(29)33-2)25-21(28)12-3-5-16(23)19(8-12)26(30)31/h3-6,8-10,18,24H,7,11H2,1-2H3,(H,25,28)/t18-/m1/s1. The molecule has 0 bridgehead atoms. The largest absolute Gasteiger partial charge is 0.482 e. The van der Waals surface area contributed by atoms with Crippen LogP contribution in [0.2, 0.25) is 5.02 Å². The number of carbonyl (C=O) groups excluding carboxylic acids is 3. The van der Waals surface area contributed by atoms with E-state index in [-0.39, 0.29) is 23.6 Å². The van der Waals surface area contributed by atoms with Crippen LogP contribution in [0.25, 0.3) is 10.9 Å². The van der Waals surface area contributed by atoms with Gasteiger partial charge in [0.15, 0.2) is 6.61 Å². The van der Waals surface area contributed by atoms with Crippen molar-refractivity contribution in [2.45, 2.75) is 12.5 Å². The average molecular weight is 490 g/mol. The van der Waals surface area contributed by atoms with Crippen LogP contribution >= 0.6 is 11.6 Å². The molecule has 3 aromatic rings. The number of amides is 1. The average Bonchev–Trinajstić information content (AvgIpc) is 3.23. The normalized spacial score (nSPS) is 11.5. The van der Waals surface area contributed by atoms with Crippen LogP contribution in [0.3, 0.4) is 0 Å². The first-order valence-corrected chi connectivity index (χ1v) is 10.2. The summed E-state index contributed by atoms with van der Waals surface area (Å²) in [7, 11) is 2.44. The fourth-order valence-corrected chi connectivity index (χ4v) is 3.39. The number of methoxy groups -OCH3 is 2. The molecule has 0 spiro atoms. The molecule has 11 nitrogen and oxygen atoms in total. The molecule has 0 aliphatic rings. The molecule has 34 heavy (non-hydrogen) atoms. The maximum Gasteiger partial charge on any atom is 0.343 e. The van der Waals surface area contributed by atoms with E-state index in [0.717, 1.165) is 11.6 Å². The van der Waals surface area contributed by atoms with Crippen LogP contribution in [0, 0.1) is 10.1 Å². The van der Waals surface area contributed by atoms with E-state index in [1.54, 1.807) is 24.4 Å². The first-order chi connectivity index (χ1) is 16.2. The molecule has 0 unspecified atom stereocenters. The summed E-state index contributed by atoms with van der Waals surface area (Å²) in [6.07, 6.45) is 1.72. The molecule has 1 amide bonds. The van der Waals surface area contributed by atoms with Gasteiger partial charge in [-0.25, -0.2) is 9.59 Å². The first kappa shape index (κ1) is 24.5. The van der Waals surface area contributed by atoms with E-state index < -0.39 is 34.5 Å². The molecule has 3 rings (SSSR count). The number of ether oxygens (including phenoxy) is 3. The number of hydrogen-bond acceptors (Lipinski definition) is 8. The summed E-state index contributed by atoms with van der Waals surface area (Å²) in [4.78, 5) is 49.9. The van der Waals surface area contributed by atoms with Gasteiger partial charge in [0.2, 0.25) is 0 Å². The predicted molar refractivity (Wildman–Crippen MR) is 121 cm³/mol. The molecule has 0 saturated carbocycles. The van der Waals surface area contributed by atoms with Gasteiger partial charge in [-0.2, -0.15) is 0 Å². The highest BCUT2D eigenvalue weighted by molar-refractivity contribution is 6.32. The second-order valence-electron chi connectivity index (χ2n) is 7.06. The SMILES string of the molecule is COC(=O)COc1ccc2[nH]cc(C[C@@H](NC(=O)c3ccc(Cl)c([N+](=O)[O-])c3)C(=O)OC)c2c1. The summed E-state index contributed by atoms with van der Waals surface area (Å²) in [5.41, 5.74) is 0.933. The van der Waals surface area contributed by atoms with Gasteiger partial charge in [-0.15, -0.1) is 0 Å². The maximum absolute atomic E-state index is 12.7. The number of nitrogens with zero attached hydrogens (tertiary/aromatic N) is 1. The highest BCUT2D eigenvalue weighted by Crippen LogP contribution is 2.26. The van der Waals surface area contributed by atoms with Gasteiger partial charge in [-0.1, -0.05) is 11.6 Å². The van der Waals surface area contributed by atoms with Crippen molar-refractivity contribution in [2.75, 3.05) is 20.8 Å². The van der Waals surface area contributed by atoms with Crippen LogP contribution in [0.1, 0.15) is 15.9 Å². The van der Waals surface area contributed by atoms with E-state index in [1.165, 1.54) is 26.4 Å². The second kappa shape index (κ2) is 10.7. The Bertz CT molecular complexity index is 1260. The lowest BCUT2D eigenvalue weighted by Gasteiger charge is -2.16. The zero-order chi connectivity index (χ0) is 24.8. The molecule has 0 fully saturated rings. The van der Waals surface area contributed by atoms with E-state index in [2.05, 4.69) is 15.0 Å². The minimum Gasteiger partial charge on any atom is -0.482 e. The van der Waals surface area contributed by atoms with Crippen LogP contribution in [0.15, 0.2) is 42.6 Å². The fraction of sp³-hybridized carbons (Fsp3) is 0.227. The Morgan fingerprint density at radius 3 is 2.59 bits per heavy atom. The van der Waals surface area contributed by atoms with E-state index in [9.17, 15) is 24.5 Å². The quantitative estimate of drug-likeness (QED) is 0.264. The van der Waals surface area contributed by atoms with Gasteiger partial charge in [0.05, 0.1) is 19.1 Å². The molecule has 1 atom stereocenters. The number of nitrogens with one attached hydrogen (secondary N) is 2.